The quantitative estimate of drug-likeness (QED) is 0.833. The van der Waals surface area contributed by atoms with Crippen molar-refractivity contribution in [3.8, 4) is 0 Å². The van der Waals surface area contributed by atoms with E-state index in [-0.39, 0.29) is 11.8 Å². The number of hydrogen-bond acceptors (Lipinski definition) is 2. The molecule has 0 unspecified atom stereocenters. The van der Waals surface area contributed by atoms with Crippen LogP contribution in [0.15, 0.2) is 22.7 Å². The summed E-state index contributed by atoms with van der Waals surface area (Å²) in [6.45, 7) is 4.04. The van der Waals surface area contributed by atoms with Gasteiger partial charge in [0, 0.05) is 16.1 Å². The number of rotatable bonds is 4. The predicted octanol–water partition coefficient (Wildman–Crippen LogP) is 3.41. The van der Waals surface area contributed by atoms with E-state index in [9.17, 15) is 4.79 Å². The van der Waals surface area contributed by atoms with Crippen molar-refractivity contribution in [3.63, 3.8) is 0 Å². The molecule has 1 amide bonds. The first kappa shape index (κ1) is 13.0. The Morgan fingerprint density at radius 1 is 1.44 bits per heavy atom. The SMILES string of the molecule is CCC(CC)C(=O)Nc1ccc(N)cc1Br. The van der Waals surface area contributed by atoms with Gasteiger partial charge in [-0.15, -0.1) is 0 Å². The Bertz CT molecular complexity index is 375. The Morgan fingerprint density at radius 3 is 2.56 bits per heavy atom. The fraction of sp³-hybridized carbons (Fsp3) is 0.417. The summed E-state index contributed by atoms with van der Waals surface area (Å²) in [5.74, 6) is 0.139. The molecular formula is C12H17BrN2O. The molecule has 0 radical (unpaired) electrons. The molecule has 1 aromatic rings. The van der Waals surface area contributed by atoms with E-state index in [4.69, 9.17) is 5.73 Å². The van der Waals surface area contributed by atoms with E-state index in [1.54, 1.807) is 18.2 Å². The van der Waals surface area contributed by atoms with Crippen molar-refractivity contribution in [1.29, 1.82) is 0 Å². The van der Waals surface area contributed by atoms with Gasteiger partial charge in [0.15, 0.2) is 0 Å². The highest BCUT2D eigenvalue weighted by Crippen LogP contribution is 2.25. The molecule has 1 aromatic carbocycles. The molecule has 0 fully saturated rings. The first-order chi connectivity index (χ1) is 7.58. The van der Waals surface area contributed by atoms with Crippen LogP contribution in [0.5, 0.6) is 0 Å². The minimum atomic E-state index is 0.0653. The molecule has 0 aromatic heterocycles. The number of carbonyl (C=O) groups excluding carboxylic acids is 1. The maximum absolute atomic E-state index is 11.8. The monoisotopic (exact) mass is 284 g/mol. The van der Waals surface area contributed by atoms with E-state index in [2.05, 4.69) is 21.2 Å². The van der Waals surface area contributed by atoms with Crippen molar-refractivity contribution in [1.82, 2.24) is 0 Å². The Labute approximate surface area is 105 Å². The minimum Gasteiger partial charge on any atom is -0.399 e. The van der Waals surface area contributed by atoms with Crippen molar-refractivity contribution in [2.24, 2.45) is 5.92 Å². The lowest BCUT2D eigenvalue weighted by Gasteiger charge is -2.13. The van der Waals surface area contributed by atoms with Crippen molar-refractivity contribution in [2.45, 2.75) is 26.7 Å². The highest BCUT2D eigenvalue weighted by molar-refractivity contribution is 9.10. The number of nitrogen functional groups attached to an aromatic ring is 1. The van der Waals surface area contributed by atoms with E-state index in [0.29, 0.717) is 5.69 Å². The molecule has 1 rings (SSSR count). The molecule has 3 nitrogen and oxygen atoms in total. The maximum atomic E-state index is 11.8. The van der Waals surface area contributed by atoms with Crippen molar-refractivity contribution >= 4 is 33.2 Å². The lowest BCUT2D eigenvalue weighted by atomic mass is 10.0. The van der Waals surface area contributed by atoms with Crippen molar-refractivity contribution < 1.29 is 4.79 Å². The number of carbonyl (C=O) groups is 1. The third-order valence-electron chi connectivity index (χ3n) is 2.61. The summed E-state index contributed by atoms with van der Waals surface area (Å²) in [4.78, 5) is 11.8. The van der Waals surface area contributed by atoms with Crippen molar-refractivity contribution in [2.75, 3.05) is 11.1 Å². The largest absolute Gasteiger partial charge is 0.399 e. The number of hydrogen-bond donors (Lipinski definition) is 2. The fourth-order valence-corrected chi connectivity index (χ4v) is 2.02. The first-order valence-corrected chi connectivity index (χ1v) is 6.23. The number of nitrogens with one attached hydrogen (secondary N) is 1. The van der Waals surface area contributed by atoms with Crippen LogP contribution in [-0.4, -0.2) is 5.91 Å². The molecule has 88 valence electrons. The first-order valence-electron chi connectivity index (χ1n) is 5.44. The standard InChI is InChI=1S/C12H17BrN2O/c1-3-8(4-2)12(16)15-11-6-5-9(14)7-10(11)13/h5-8H,3-4,14H2,1-2H3,(H,15,16). The smallest absolute Gasteiger partial charge is 0.227 e. The second-order valence-corrected chi connectivity index (χ2v) is 4.60. The molecule has 0 saturated heterocycles. The molecule has 3 N–H and O–H groups in total. The van der Waals surface area contributed by atoms with Crippen LogP contribution < -0.4 is 11.1 Å². The average molecular weight is 285 g/mol. The van der Waals surface area contributed by atoms with Crippen LogP contribution in [0.2, 0.25) is 0 Å². The van der Waals surface area contributed by atoms with E-state index in [1.807, 2.05) is 13.8 Å². The molecule has 0 aliphatic heterocycles. The topological polar surface area (TPSA) is 55.1 Å². The second kappa shape index (κ2) is 5.89. The molecule has 0 aliphatic carbocycles. The van der Waals surface area contributed by atoms with Gasteiger partial charge in [0.05, 0.1) is 5.69 Å². The van der Waals surface area contributed by atoms with Gasteiger partial charge in [-0.1, -0.05) is 13.8 Å². The number of anilines is 2. The number of benzene rings is 1. The Kier molecular flexibility index (Phi) is 4.80. The van der Waals surface area contributed by atoms with Gasteiger partial charge >= 0.3 is 0 Å². The molecular weight excluding hydrogens is 268 g/mol. The normalized spacial score (nSPS) is 10.5. The number of halogens is 1. The second-order valence-electron chi connectivity index (χ2n) is 3.74. The number of nitrogens with two attached hydrogens (primary N) is 1. The van der Waals surface area contributed by atoms with E-state index < -0.39 is 0 Å². The van der Waals surface area contributed by atoms with Gasteiger partial charge in [-0.25, -0.2) is 0 Å². The summed E-state index contributed by atoms with van der Waals surface area (Å²) < 4.78 is 0.812. The Hall–Kier alpha value is -1.03. The van der Waals surface area contributed by atoms with Crippen LogP contribution >= 0.6 is 15.9 Å². The summed E-state index contributed by atoms with van der Waals surface area (Å²) in [5.41, 5.74) is 7.07. The van der Waals surface area contributed by atoms with Gasteiger partial charge in [-0.3, -0.25) is 4.79 Å². The predicted molar refractivity (Wildman–Crippen MR) is 71.3 cm³/mol. The molecule has 0 heterocycles. The summed E-state index contributed by atoms with van der Waals surface area (Å²) in [5, 5.41) is 2.90. The molecule has 0 saturated carbocycles. The van der Waals surface area contributed by atoms with Crippen LogP contribution in [0.4, 0.5) is 11.4 Å². The van der Waals surface area contributed by atoms with Gasteiger partial charge in [-0.05, 0) is 47.0 Å². The Balaban J connectivity index is 2.76. The van der Waals surface area contributed by atoms with Crippen molar-refractivity contribution in [3.05, 3.63) is 22.7 Å². The third-order valence-corrected chi connectivity index (χ3v) is 3.26. The van der Waals surface area contributed by atoms with Gasteiger partial charge in [0.25, 0.3) is 0 Å². The summed E-state index contributed by atoms with van der Waals surface area (Å²) in [6.07, 6.45) is 1.71. The molecule has 0 bridgehead atoms. The van der Waals surface area contributed by atoms with E-state index in [0.717, 1.165) is 23.0 Å². The van der Waals surface area contributed by atoms with E-state index >= 15 is 0 Å². The molecule has 0 aliphatic rings. The van der Waals surface area contributed by atoms with Crippen LogP contribution in [0.25, 0.3) is 0 Å². The lowest BCUT2D eigenvalue weighted by molar-refractivity contribution is -0.120. The minimum absolute atomic E-state index is 0.0653. The summed E-state index contributed by atoms with van der Waals surface area (Å²) in [6, 6.07) is 5.36. The maximum Gasteiger partial charge on any atom is 0.227 e. The summed E-state index contributed by atoms with van der Waals surface area (Å²) >= 11 is 3.37. The van der Waals surface area contributed by atoms with Crippen LogP contribution in [0, 0.1) is 5.92 Å². The van der Waals surface area contributed by atoms with Crippen LogP contribution in [-0.2, 0) is 4.79 Å². The third kappa shape index (κ3) is 3.23. The van der Waals surface area contributed by atoms with Crippen LogP contribution in [0.1, 0.15) is 26.7 Å². The van der Waals surface area contributed by atoms with Gasteiger partial charge < -0.3 is 11.1 Å². The fourth-order valence-electron chi connectivity index (χ4n) is 1.53. The van der Waals surface area contributed by atoms with E-state index in [1.165, 1.54) is 0 Å². The average Bonchev–Trinajstić information content (AvgIpc) is 2.24. The zero-order valence-corrected chi connectivity index (χ0v) is 11.2. The van der Waals surface area contributed by atoms with Gasteiger partial charge in [0.2, 0.25) is 5.91 Å². The van der Waals surface area contributed by atoms with Crippen LogP contribution in [0.3, 0.4) is 0 Å². The van der Waals surface area contributed by atoms with Gasteiger partial charge in [0.1, 0.15) is 0 Å². The molecule has 0 spiro atoms. The highest BCUT2D eigenvalue weighted by atomic mass is 79.9. The summed E-state index contributed by atoms with van der Waals surface area (Å²) in [7, 11) is 0. The molecule has 4 heteroatoms. The number of amides is 1. The highest BCUT2D eigenvalue weighted by Gasteiger charge is 2.14. The zero-order chi connectivity index (χ0) is 12.1. The Morgan fingerprint density at radius 2 is 2.06 bits per heavy atom. The van der Waals surface area contributed by atoms with Gasteiger partial charge in [-0.2, -0.15) is 0 Å². The molecule has 16 heavy (non-hydrogen) atoms. The zero-order valence-electron chi connectivity index (χ0n) is 9.59. The lowest BCUT2D eigenvalue weighted by Crippen LogP contribution is -2.21. The molecule has 0 atom stereocenters.